The van der Waals surface area contributed by atoms with E-state index in [2.05, 4.69) is 241 Å². The molecule has 0 radical (unpaired) electrons. The largest absolute Gasteiger partial charge is 0.310 e. The smallest absolute Gasteiger partial charge is 0.0725 e. The Balaban J connectivity index is 1.08. The van der Waals surface area contributed by atoms with Crippen LogP contribution in [-0.2, 0) is 5.41 Å². The Kier molecular flexibility index (Phi) is 8.06. The predicted molar refractivity (Wildman–Crippen MR) is 267 cm³/mol. The summed E-state index contributed by atoms with van der Waals surface area (Å²) in [6.45, 7) is 0. The first-order valence-electron chi connectivity index (χ1n) is 21.8. The van der Waals surface area contributed by atoms with E-state index in [1.807, 2.05) is 11.3 Å². The van der Waals surface area contributed by atoms with E-state index in [0.29, 0.717) is 0 Å². The highest BCUT2D eigenvalue weighted by Crippen LogP contribution is 2.63. The molecule has 0 bridgehead atoms. The quantitative estimate of drug-likeness (QED) is 0.162. The van der Waals surface area contributed by atoms with Crippen LogP contribution in [0.15, 0.2) is 237 Å². The first kappa shape index (κ1) is 35.9. The van der Waals surface area contributed by atoms with Gasteiger partial charge < -0.3 is 4.90 Å². The summed E-state index contributed by atoms with van der Waals surface area (Å²) in [6, 6.07) is 87.8. The van der Waals surface area contributed by atoms with Crippen molar-refractivity contribution in [1.82, 2.24) is 0 Å². The Bertz CT molecular complexity index is 3500. The lowest BCUT2D eigenvalue weighted by molar-refractivity contribution is 0.794. The zero-order valence-electron chi connectivity index (χ0n) is 34.4. The normalized spacial score (nSPS) is 12.9. The van der Waals surface area contributed by atoms with Gasteiger partial charge in [0.05, 0.1) is 11.1 Å². The second-order valence-corrected chi connectivity index (χ2v) is 17.8. The Labute approximate surface area is 371 Å². The van der Waals surface area contributed by atoms with Crippen molar-refractivity contribution in [1.29, 1.82) is 0 Å². The first-order chi connectivity index (χ1) is 31.3. The van der Waals surface area contributed by atoms with Crippen LogP contribution in [0, 0.1) is 0 Å². The Morgan fingerprint density at radius 3 is 1.48 bits per heavy atom. The molecule has 1 heterocycles. The van der Waals surface area contributed by atoms with Gasteiger partial charge in [-0.15, -0.1) is 11.3 Å². The van der Waals surface area contributed by atoms with Gasteiger partial charge in [-0.3, -0.25) is 0 Å². The Hall–Kier alpha value is -7.78. The highest BCUT2D eigenvalue weighted by atomic mass is 32.1. The number of fused-ring (bicyclic) bond motifs is 13. The molecule has 0 aliphatic heterocycles. The van der Waals surface area contributed by atoms with Crippen LogP contribution >= 0.6 is 11.3 Å². The van der Waals surface area contributed by atoms with Crippen molar-refractivity contribution in [2.75, 3.05) is 4.90 Å². The highest BCUT2D eigenvalue weighted by molar-refractivity contribution is 7.26. The van der Waals surface area contributed by atoms with E-state index in [1.165, 1.54) is 98.1 Å². The molecule has 2 aliphatic carbocycles. The van der Waals surface area contributed by atoms with Crippen molar-refractivity contribution in [3.8, 4) is 55.6 Å². The highest BCUT2D eigenvalue weighted by Gasteiger charge is 2.51. The number of rotatable bonds is 6. The van der Waals surface area contributed by atoms with Crippen LogP contribution in [0.5, 0.6) is 0 Å². The number of benzene rings is 10. The summed E-state index contributed by atoms with van der Waals surface area (Å²) >= 11 is 1.90. The van der Waals surface area contributed by atoms with Gasteiger partial charge in [0.1, 0.15) is 0 Å². The number of hydrogen-bond donors (Lipinski definition) is 0. The first-order valence-corrected chi connectivity index (χ1v) is 22.6. The van der Waals surface area contributed by atoms with Crippen LogP contribution in [0.25, 0.3) is 75.8 Å². The Morgan fingerprint density at radius 2 is 0.810 bits per heavy atom. The average molecular weight is 818 g/mol. The summed E-state index contributed by atoms with van der Waals surface area (Å²) in [6.07, 6.45) is 0. The maximum Gasteiger partial charge on any atom is 0.0725 e. The zero-order chi connectivity index (χ0) is 41.5. The molecule has 1 nitrogen and oxygen atoms in total. The molecule has 2 heteroatoms. The van der Waals surface area contributed by atoms with E-state index in [-0.39, 0.29) is 0 Å². The second-order valence-electron chi connectivity index (χ2n) is 16.7. The molecule has 13 rings (SSSR count). The molecule has 11 aromatic rings. The van der Waals surface area contributed by atoms with Gasteiger partial charge in [0.25, 0.3) is 0 Å². The number of thiophene rings is 1. The minimum atomic E-state index is -0.423. The van der Waals surface area contributed by atoms with Crippen LogP contribution in [0.1, 0.15) is 22.3 Å². The molecule has 0 N–H and O–H groups in total. The average Bonchev–Trinajstić information content (AvgIpc) is 3.99. The van der Waals surface area contributed by atoms with Crippen molar-refractivity contribution in [3.63, 3.8) is 0 Å². The SMILES string of the molecule is c1ccc(-c2ccc(N(c3cc(-c4ccc5c(c4)C4(c6ccccc6-c6ccccc64)c4ccccc4-5)c4sc5ccccc5c4c3)c3ccccc3-c3ccccc3)cc2)cc1. The Morgan fingerprint density at radius 1 is 0.302 bits per heavy atom. The minimum absolute atomic E-state index is 0.423. The number of hydrogen-bond acceptors (Lipinski definition) is 2. The molecule has 0 fully saturated rings. The maximum atomic E-state index is 2.54. The molecule has 0 saturated carbocycles. The minimum Gasteiger partial charge on any atom is -0.310 e. The summed E-state index contributed by atoms with van der Waals surface area (Å²) < 4.78 is 2.59. The van der Waals surface area contributed by atoms with E-state index < -0.39 is 5.41 Å². The molecule has 63 heavy (non-hydrogen) atoms. The van der Waals surface area contributed by atoms with Gasteiger partial charge in [0, 0.05) is 42.7 Å². The number of para-hydroxylation sites is 1. The fourth-order valence-electron chi connectivity index (χ4n) is 10.8. The molecule has 1 spiro atoms. The van der Waals surface area contributed by atoms with Gasteiger partial charge in [-0.1, -0.05) is 194 Å². The summed E-state index contributed by atoms with van der Waals surface area (Å²) in [5, 5.41) is 2.54. The van der Waals surface area contributed by atoms with Crippen LogP contribution < -0.4 is 4.90 Å². The van der Waals surface area contributed by atoms with Crippen LogP contribution in [0.4, 0.5) is 17.1 Å². The summed E-state index contributed by atoms with van der Waals surface area (Å²) in [4.78, 5) is 2.47. The molecule has 10 aromatic carbocycles. The lowest BCUT2D eigenvalue weighted by Crippen LogP contribution is -2.25. The lowest BCUT2D eigenvalue weighted by Gasteiger charge is -2.31. The van der Waals surface area contributed by atoms with Crippen molar-refractivity contribution in [3.05, 3.63) is 259 Å². The van der Waals surface area contributed by atoms with Crippen LogP contribution in [0.3, 0.4) is 0 Å². The summed E-state index contributed by atoms with van der Waals surface area (Å²) in [7, 11) is 0. The monoisotopic (exact) mass is 817 g/mol. The molecule has 294 valence electrons. The van der Waals surface area contributed by atoms with Crippen molar-refractivity contribution in [2.45, 2.75) is 5.41 Å². The van der Waals surface area contributed by atoms with E-state index in [9.17, 15) is 0 Å². The third-order valence-electron chi connectivity index (χ3n) is 13.5. The molecule has 0 amide bonds. The summed E-state index contributed by atoms with van der Waals surface area (Å²) in [5.41, 5.74) is 20.8. The second kappa shape index (κ2) is 14.1. The topological polar surface area (TPSA) is 3.24 Å². The van der Waals surface area contributed by atoms with Gasteiger partial charge in [-0.25, -0.2) is 0 Å². The molecular formula is C61H39NS. The van der Waals surface area contributed by atoms with E-state index in [4.69, 9.17) is 0 Å². The van der Waals surface area contributed by atoms with Crippen molar-refractivity contribution < 1.29 is 0 Å². The molecule has 1 aromatic heterocycles. The van der Waals surface area contributed by atoms with Gasteiger partial charge in [-0.2, -0.15) is 0 Å². The van der Waals surface area contributed by atoms with E-state index >= 15 is 0 Å². The number of anilines is 3. The molecule has 0 unspecified atom stereocenters. The summed E-state index contributed by atoms with van der Waals surface area (Å²) in [5.74, 6) is 0. The third-order valence-corrected chi connectivity index (χ3v) is 14.7. The van der Waals surface area contributed by atoms with Crippen molar-refractivity contribution in [2.24, 2.45) is 0 Å². The molecule has 0 saturated heterocycles. The lowest BCUT2D eigenvalue weighted by atomic mass is 9.70. The van der Waals surface area contributed by atoms with Gasteiger partial charge in [-0.05, 0) is 109 Å². The fourth-order valence-corrected chi connectivity index (χ4v) is 12.0. The molecular weight excluding hydrogens is 779 g/mol. The van der Waals surface area contributed by atoms with Crippen LogP contribution in [-0.4, -0.2) is 0 Å². The van der Waals surface area contributed by atoms with E-state index in [1.54, 1.807) is 0 Å². The fraction of sp³-hybridized carbons (Fsp3) is 0.0164. The van der Waals surface area contributed by atoms with Gasteiger partial charge >= 0.3 is 0 Å². The van der Waals surface area contributed by atoms with Gasteiger partial charge in [0.2, 0.25) is 0 Å². The maximum absolute atomic E-state index is 2.54. The van der Waals surface area contributed by atoms with Gasteiger partial charge in [0.15, 0.2) is 0 Å². The van der Waals surface area contributed by atoms with Crippen LogP contribution in [0.2, 0.25) is 0 Å². The zero-order valence-corrected chi connectivity index (χ0v) is 35.2. The predicted octanol–water partition coefficient (Wildman–Crippen LogP) is 16.9. The van der Waals surface area contributed by atoms with Crippen molar-refractivity contribution >= 4 is 48.6 Å². The van der Waals surface area contributed by atoms with E-state index in [0.717, 1.165) is 17.1 Å². The number of nitrogens with zero attached hydrogens (tertiary/aromatic N) is 1. The standard InChI is InChI=1S/C61H39NS/c1-3-17-40(18-4-1)41-31-34-44(35-32-41)62(58-29-15-10-21-46(58)42-19-5-2-6-20-42)45-38-52(60-53(39-45)51-25-11-16-30-59(51)63-60)43-33-36-50-49-24-9-14-28-56(49)61(57(50)37-43)54-26-12-7-22-47(54)48-23-8-13-27-55(48)61/h1-39H. The third kappa shape index (κ3) is 5.35. The molecule has 0 atom stereocenters. The molecule has 2 aliphatic rings.